The minimum absolute atomic E-state index is 0. The predicted molar refractivity (Wildman–Crippen MR) is 128 cm³/mol. The zero-order valence-electron chi connectivity index (χ0n) is 20.7. The zero-order chi connectivity index (χ0) is 27.3. The summed E-state index contributed by atoms with van der Waals surface area (Å²) >= 11 is 0. The molecule has 16 nitrogen and oxygen atoms in total. The van der Waals surface area contributed by atoms with E-state index in [2.05, 4.69) is 0 Å². The van der Waals surface area contributed by atoms with Crippen molar-refractivity contribution in [1.82, 2.24) is 30.7 Å². The van der Waals surface area contributed by atoms with Crippen LogP contribution < -0.4 is 6.15 Å². The number of carboxylic acids is 4. The third-order valence-electron chi connectivity index (χ3n) is 5.66. The molecule has 0 aromatic heterocycles. The highest BCUT2D eigenvalue weighted by molar-refractivity contribution is 6.22. The van der Waals surface area contributed by atoms with E-state index in [1.807, 2.05) is 14.7 Å². The standard InChI is InChI=1S/C12H13N3O2.C10H16N2O8.H3N/c16-9-7-8(13-1-2-13)12(17)11(15-5-6-15)10(9)14-3-4-14;13-7(14)3-11(4-8(15)16)1-2-12(5-9(17)18)6-10(19)20;/h7H,1-6H2;1-6H2,(H,13,14)(H,15,16)(H,17,18)(H,19,20);1H3. The highest BCUT2D eigenvalue weighted by Crippen LogP contribution is 2.33. The van der Waals surface area contributed by atoms with E-state index in [1.165, 1.54) is 6.08 Å². The Morgan fingerprint density at radius 3 is 1.29 bits per heavy atom. The van der Waals surface area contributed by atoms with Crippen molar-refractivity contribution in [3.63, 3.8) is 0 Å². The number of carbonyl (C=O) groups excluding carboxylic acids is 2. The van der Waals surface area contributed by atoms with Crippen LogP contribution in [0.3, 0.4) is 0 Å². The van der Waals surface area contributed by atoms with Crippen LogP contribution in [-0.2, 0) is 28.8 Å². The molecule has 0 aromatic carbocycles. The molecule has 4 aliphatic rings. The van der Waals surface area contributed by atoms with Crippen molar-refractivity contribution in [2.24, 2.45) is 0 Å². The monoisotopic (exact) mass is 540 g/mol. The van der Waals surface area contributed by atoms with Crippen molar-refractivity contribution in [2.75, 3.05) is 78.5 Å². The first-order chi connectivity index (χ1) is 17.5. The Labute approximate surface area is 217 Å². The minimum atomic E-state index is -1.23. The maximum atomic E-state index is 12.4. The van der Waals surface area contributed by atoms with Crippen LogP contribution >= 0.6 is 0 Å². The molecule has 0 amide bonds. The number of ketones is 2. The van der Waals surface area contributed by atoms with Crippen LogP contribution in [0.25, 0.3) is 0 Å². The van der Waals surface area contributed by atoms with E-state index in [0.29, 0.717) is 17.1 Å². The van der Waals surface area contributed by atoms with Crippen LogP contribution in [-0.4, -0.2) is 159 Å². The van der Waals surface area contributed by atoms with Crippen molar-refractivity contribution in [2.45, 2.75) is 0 Å². The van der Waals surface area contributed by atoms with Gasteiger partial charge in [-0.15, -0.1) is 0 Å². The maximum absolute atomic E-state index is 12.4. The quantitative estimate of drug-likeness (QED) is 0.111. The molecule has 0 saturated carbocycles. The first kappa shape index (κ1) is 30.2. The Bertz CT molecular complexity index is 977. The number of allylic oxidation sites excluding steroid dienone is 1. The first-order valence-electron chi connectivity index (χ1n) is 11.6. The smallest absolute Gasteiger partial charge is 0.317 e. The van der Waals surface area contributed by atoms with E-state index in [1.54, 1.807) is 0 Å². The molecular formula is C22H32N6O10. The molecule has 38 heavy (non-hydrogen) atoms. The van der Waals surface area contributed by atoms with Crippen molar-refractivity contribution in [3.05, 3.63) is 23.2 Å². The van der Waals surface area contributed by atoms with Gasteiger partial charge in [0.2, 0.25) is 11.6 Å². The van der Waals surface area contributed by atoms with Gasteiger partial charge in [-0.3, -0.25) is 38.6 Å². The molecule has 16 heteroatoms. The fourth-order valence-electron chi connectivity index (χ4n) is 3.75. The Kier molecular flexibility index (Phi) is 10.3. The Hall–Kier alpha value is -4.02. The minimum Gasteiger partial charge on any atom is -0.480 e. The SMILES string of the molecule is N.O=C(O)CN(CCN(CC(=O)O)CC(=O)O)CC(=O)O.O=C1C=C(N2CC2)C(=O)C(N2CC2)=C1N1CC1. The highest BCUT2D eigenvalue weighted by Gasteiger charge is 2.43. The summed E-state index contributed by atoms with van der Waals surface area (Å²) in [5, 5.41) is 34.5. The summed E-state index contributed by atoms with van der Waals surface area (Å²) in [7, 11) is 0. The Morgan fingerprint density at radius 2 is 0.974 bits per heavy atom. The van der Waals surface area contributed by atoms with E-state index < -0.39 is 50.1 Å². The topological polar surface area (TPSA) is 234 Å². The van der Waals surface area contributed by atoms with Crippen molar-refractivity contribution < 1.29 is 49.2 Å². The number of rotatable bonds is 14. The summed E-state index contributed by atoms with van der Waals surface area (Å²) in [6.45, 7) is 3.16. The molecule has 210 valence electrons. The van der Waals surface area contributed by atoms with Crippen molar-refractivity contribution >= 4 is 35.4 Å². The molecule has 3 aliphatic heterocycles. The van der Waals surface area contributed by atoms with Gasteiger partial charge in [0.25, 0.3) is 0 Å². The second kappa shape index (κ2) is 13.0. The lowest BCUT2D eigenvalue weighted by Gasteiger charge is -2.23. The summed E-state index contributed by atoms with van der Waals surface area (Å²) < 4.78 is 0. The van der Waals surface area contributed by atoms with Gasteiger partial charge in [-0.1, -0.05) is 0 Å². The molecule has 3 fully saturated rings. The number of carboxylic acid groups (broad SMARTS) is 4. The number of aliphatic carboxylic acids is 4. The van der Waals surface area contributed by atoms with Crippen LogP contribution in [0, 0.1) is 0 Å². The van der Waals surface area contributed by atoms with E-state index in [4.69, 9.17) is 20.4 Å². The Morgan fingerprint density at radius 1 is 0.632 bits per heavy atom. The van der Waals surface area contributed by atoms with Gasteiger partial charge in [-0.2, -0.15) is 0 Å². The summed E-state index contributed by atoms with van der Waals surface area (Å²) in [5.74, 6) is -4.86. The molecule has 1 aliphatic carbocycles. The van der Waals surface area contributed by atoms with Gasteiger partial charge in [0.1, 0.15) is 11.4 Å². The molecule has 3 heterocycles. The summed E-state index contributed by atoms with van der Waals surface area (Å²) in [4.78, 5) is 74.8. The van der Waals surface area contributed by atoms with E-state index in [0.717, 1.165) is 49.1 Å². The van der Waals surface area contributed by atoms with Gasteiger partial charge < -0.3 is 41.3 Å². The van der Waals surface area contributed by atoms with Gasteiger partial charge in [-0.05, 0) is 0 Å². The van der Waals surface area contributed by atoms with E-state index >= 15 is 0 Å². The number of hydrogen-bond donors (Lipinski definition) is 5. The largest absolute Gasteiger partial charge is 0.480 e. The van der Waals surface area contributed by atoms with Crippen LogP contribution in [0.5, 0.6) is 0 Å². The molecule has 3 saturated heterocycles. The Balaban J connectivity index is 0.000000261. The number of Topliss-reactive ketones (excluding diaryl/α,β-unsaturated/α-hetero) is 1. The van der Waals surface area contributed by atoms with E-state index in [9.17, 15) is 28.8 Å². The van der Waals surface area contributed by atoms with Crippen LogP contribution in [0.2, 0.25) is 0 Å². The van der Waals surface area contributed by atoms with Crippen LogP contribution in [0.1, 0.15) is 0 Å². The van der Waals surface area contributed by atoms with Gasteiger partial charge >= 0.3 is 23.9 Å². The highest BCUT2D eigenvalue weighted by atomic mass is 16.4. The predicted octanol–water partition coefficient (Wildman–Crippen LogP) is -2.73. The van der Waals surface area contributed by atoms with Crippen LogP contribution in [0.4, 0.5) is 0 Å². The van der Waals surface area contributed by atoms with E-state index in [-0.39, 0.29) is 30.8 Å². The average Bonchev–Trinajstić information content (AvgIpc) is 3.62. The molecule has 7 N–H and O–H groups in total. The zero-order valence-corrected chi connectivity index (χ0v) is 20.7. The molecule has 0 spiro atoms. The fourth-order valence-corrected chi connectivity index (χ4v) is 3.75. The van der Waals surface area contributed by atoms with Gasteiger partial charge in [0, 0.05) is 58.4 Å². The summed E-state index contributed by atoms with van der Waals surface area (Å²) in [6, 6.07) is 0. The second-order valence-corrected chi connectivity index (χ2v) is 8.88. The average molecular weight is 541 g/mol. The second-order valence-electron chi connectivity index (χ2n) is 8.88. The molecule has 0 unspecified atom stereocenters. The van der Waals surface area contributed by atoms with Gasteiger partial charge in [0.15, 0.2) is 0 Å². The van der Waals surface area contributed by atoms with Gasteiger partial charge in [-0.25, -0.2) is 0 Å². The van der Waals surface area contributed by atoms with Gasteiger partial charge in [0.05, 0.1) is 31.9 Å². The molecule has 0 bridgehead atoms. The number of hydrogen-bond acceptors (Lipinski definition) is 12. The maximum Gasteiger partial charge on any atom is 0.317 e. The van der Waals surface area contributed by atoms with Crippen molar-refractivity contribution in [3.8, 4) is 0 Å². The lowest BCUT2D eigenvalue weighted by molar-refractivity contribution is -0.145. The van der Waals surface area contributed by atoms with Crippen LogP contribution in [0.15, 0.2) is 23.2 Å². The lowest BCUT2D eigenvalue weighted by atomic mass is 10.0. The molecule has 0 atom stereocenters. The molecule has 4 rings (SSSR count). The third kappa shape index (κ3) is 9.13. The fraction of sp³-hybridized carbons (Fsp3) is 0.545. The first-order valence-corrected chi connectivity index (χ1v) is 11.6. The number of carbonyl (C=O) groups is 6. The molecular weight excluding hydrogens is 508 g/mol. The third-order valence-corrected chi connectivity index (χ3v) is 5.66. The molecule has 0 radical (unpaired) electrons. The normalized spacial score (nSPS) is 17.5. The lowest BCUT2D eigenvalue weighted by Crippen LogP contribution is -2.43. The summed E-state index contributed by atoms with van der Waals surface area (Å²) in [6.07, 6.45) is 1.52. The van der Waals surface area contributed by atoms with Crippen molar-refractivity contribution in [1.29, 1.82) is 0 Å². The summed E-state index contributed by atoms with van der Waals surface area (Å²) in [5.41, 5.74) is 1.89. The number of nitrogens with zero attached hydrogens (tertiary/aromatic N) is 5. The molecule has 0 aromatic rings.